The van der Waals surface area contributed by atoms with E-state index in [9.17, 15) is 4.57 Å². The predicted octanol–water partition coefficient (Wildman–Crippen LogP) is 1.78. The molecule has 0 aromatic carbocycles. The maximum absolute atomic E-state index is 10.2. The molecule has 0 amide bonds. The maximum Gasteiger partial charge on any atom is 0.505 e. The van der Waals surface area contributed by atoms with E-state index in [-0.39, 0.29) is 6.10 Å². The van der Waals surface area contributed by atoms with Crippen LogP contribution >= 0.6 is 8.03 Å². The lowest BCUT2D eigenvalue weighted by Gasteiger charge is -1.87. The Morgan fingerprint density at radius 3 is 2.00 bits per heavy atom. The van der Waals surface area contributed by atoms with Crippen LogP contribution in [0.3, 0.4) is 0 Å². The van der Waals surface area contributed by atoms with Crippen molar-refractivity contribution in [2.75, 3.05) is 6.66 Å². The minimum absolute atomic E-state index is 0.0913. The molecule has 0 bridgehead atoms. The molecule has 0 aliphatic heterocycles. The maximum atomic E-state index is 10.2. The van der Waals surface area contributed by atoms with Gasteiger partial charge in [-0.1, -0.05) is 0 Å². The van der Waals surface area contributed by atoms with E-state index in [4.69, 9.17) is 4.52 Å². The van der Waals surface area contributed by atoms with E-state index in [1.54, 1.807) is 6.66 Å². The van der Waals surface area contributed by atoms with Crippen LogP contribution < -0.4 is 0 Å². The van der Waals surface area contributed by atoms with Gasteiger partial charge in [0.15, 0.2) is 6.66 Å². The fourth-order valence-electron chi connectivity index (χ4n) is 0.297. The first-order valence-electron chi connectivity index (χ1n) is 2.20. The van der Waals surface area contributed by atoms with E-state index in [0.717, 1.165) is 0 Å². The molecule has 42 valence electrons. The summed E-state index contributed by atoms with van der Waals surface area (Å²) in [6, 6.07) is 0. The van der Waals surface area contributed by atoms with E-state index in [0.29, 0.717) is 0 Å². The minimum Gasteiger partial charge on any atom is -0.144 e. The van der Waals surface area contributed by atoms with Crippen LogP contribution in [0, 0.1) is 0 Å². The lowest BCUT2D eigenvalue weighted by molar-refractivity contribution is 0.258. The fourth-order valence-corrected chi connectivity index (χ4v) is 0.891. The summed E-state index contributed by atoms with van der Waals surface area (Å²) in [6.45, 7) is 5.27. The zero-order valence-corrected chi connectivity index (χ0v) is 5.74. The summed E-state index contributed by atoms with van der Waals surface area (Å²) in [7, 11) is -1.39. The van der Waals surface area contributed by atoms with Gasteiger partial charge in [0, 0.05) is 0 Å². The van der Waals surface area contributed by atoms with Crippen molar-refractivity contribution >= 4 is 8.03 Å². The third-order valence-electron chi connectivity index (χ3n) is 0.359. The van der Waals surface area contributed by atoms with Crippen LogP contribution in [0.5, 0.6) is 0 Å². The number of rotatable bonds is 2. The Bertz CT molecular complexity index is 70.1. The predicted molar refractivity (Wildman–Crippen MR) is 29.8 cm³/mol. The molecular formula is C4H10O2P+. The lowest BCUT2D eigenvalue weighted by Crippen LogP contribution is -1.92. The Labute approximate surface area is 44.7 Å². The second-order valence-corrected chi connectivity index (χ2v) is 2.68. The van der Waals surface area contributed by atoms with Crippen LogP contribution in [-0.2, 0) is 9.09 Å². The van der Waals surface area contributed by atoms with Crippen molar-refractivity contribution in [1.82, 2.24) is 0 Å². The first-order valence-corrected chi connectivity index (χ1v) is 3.83. The summed E-state index contributed by atoms with van der Waals surface area (Å²) in [5.74, 6) is 0. The van der Waals surface area contributed by atoms with Crippen molar-refractivity contribution < 1.29 is 9.09 Å². The average molecular weight is 121 g/mol. The molecule has 0 saturated heterocycles. The van der Waals surface area contributed by atoms with Gasteiger partial charge in [-0.25, -0.2) is 0 Å². The lowest BCUT2D eigenvalue weighted by atomic mass is 10.5. The quantitative estimate of drug-likeness (QED) is 0.520. The van der Waals surface area contributed by atoms with Crippen molar-refractivity contribution in [2.45, 2.75) is 20.0 Å². The van der Waals surface area contributed by atoms with Gasteiger partial charge in [0.2, 0.25) is 0 Å². The van der Waals surface area contributed by atoms with Crippen molar-refractivity contribution in [3.05, 3.63) is 0 Å². The molecule has 0 heterocycles. The van der Waals surface area contributed by atoms with Crippen LogP contribution in [-0.4, -0.2) is 12.8 Å². The topological polar surface area (TPSA) is 26.3 Å². The third-order valence-corrected chi connectivity index (χ3v) is 1.08. The zero-order chi connectivity index (χ0) is 5.86. The molecule has 0 aromatic rings. The van der Waals surface area contributed by atoms with E-state index in [1.807, 2.05) is 13.8 Å². The number of hydrogen-bond donors (Lipinski definition) is 0. The van der Waals surface area contributed by atoms with Gasteiger partial charge >= 0.3 is 8.03 Å². The Morgan fingerprint density at radius 2 is 2.00 bits per heavy atom. The molecule has 7 heavy (non-hydrogen) atoms. The van der Waals surface area contributed by atoms with Gasteiger partial charge in [0.1, 0.15) is 6.10 Å². The Morgan fingerprint density at radius 1 is 1.57 bits per heavy atom. The molecule has 0 fully saturated rings. The van der Waals surface area contributed by atoms with Crippen LogP contribution in [0.1, 0.15) is 13.8 Å². The van der Waals surface area contributed by atoms with Gasteiger partial charge in [-0.05, 0) is 18.4 Å². The van der Waals surface area contributed by atoms with E-state index >= 15 is 0 Å². The summed E-state index contributed by atoms with van der Waals surface area (Å²) in [4.78, 5) is 0. The number of hydrogen-bond acceptors (Lipinski definition) is 2. The second kappa shape index (κ2) is 3.11. The van der Waals surface area contributed by atoms with Gasteiger partial charge < -0.3 is 0 Å². The molecule has 0 aliphatic carbocycles. The van der Waals surface area contributed by atoms with E-state index in [2.05, 4.69) is 0 Å². The van der Waals surface area contributed by atoms with Gasteiger partial charge in [-0.2, -0.15) is 0 Å². The highest BCUT2D eigenvalue weighted by atomic mass is 31.1. The molecule has 1 atom stereocenters. The molecule has 0 rings (SSSR count). The average Bonchev–Trinajstić information content (AvgIpc) is 1.27. The van der Waals surface area contributed by atoms with Crippen LogP contribution in [0.25, 0.3) is 0 Å². The van der Waals surface area contributed by atoms with Crippen LogP contribution in [0.15, 0.2) is 0 Å². The summed E-state index contributed by atoms with van der Waals surface area (Å²) < 4.78 is 14.9. The SMILES string of the molecule is CC(C)O[P+](C)=O. The third kappa shape index (κ3) is 6.06. The highest BCUT2D eigenvalue weighted by molar-refractivity contribution is 7.38. The summed E-state index contributed by atoms with van der Waals surface area (Å²) in [5, 5.41) is 0. The molecule has 0 radical (unpaired) electrons. The van der Waals surface area contributed by atoms with Crippen LogP contribution in [0.4, 0.5) is 0 Å². The summed E-state index contributed by atoms with van der Waals surface area (Å²) in [5.41, 5.74) is 0. The highest BCUT2D eigenvalue weighted by Gasteiger charge is 2.08. The molecular weight excluding hydrogens is 111 g/mol. The van der Waals surface area contributed by atoms with Crippen LogP contribution in [0.2, 0.25) is 0 Å². The highest BCUT2D eigenvalue weighted by Crippen LogP contribution is 2.17. The Hall–Kier alpha value is 0.0600. The van der Waals surface area contributed by atoms with Gasteiger partial charge in [-0.15, -0.1) is 4.52 Å². The van der Waals surface area contributed by atoms with Crippen molar-refractivity contribution in [3.63, 3.8) is 0 Å². The molecule has 1 unspecified atom stereocenters. The smallest absolute Gasteiger partial charge is 0.144 e. The minimum atomic E-state index is -1.39. The van der Waals surface area contributed by atoms with Gasteiger partial charge in [0.05, 0.1) is 0 Å². The standard InChI is InChI=1S/C4H10O2P/c1-4(2)6-7(3)5/h4H,1-3H3/q+1. The first kappa shape index (κ1) is 7.06. The van der Waals surface area contributed by atoms with Crippen molar-refractivity contribution in [3.8, 4) is 0 Å². The monoisotopic (exact) mass is 121 g/mol. The normalized spacial score (nSPS) is 12.3. The largest absolute Gasteiger partial charge is 0.505 e. The molecule has 0 spiro atoms. The zero-order valence-electron chi connectivity index (χ0n) is 4.84. The molecule has 2 nitrogen and oxygen atoms in total. The van der Waals surface area contributed by atoms with Crippen molar-refractivity contribution in [2.24, 2.45) is 0 Å². The van der Waals surface area contributed by atoms with E-state index in [1.165, 1.54) is 0 Å². The molecule has 0 N–H and O–H groups in total. The summed E-state index contributed by atoms with van der Waals surface area (Å²) in [6.07, 6.45) is 0.0913. The molecule has 3 heteroatoms. The summed E-state index contributed by atoms with van der Waals surface area (Å²) >= 11 is 0. The van der Waals surface area contributed by atoms with Crippen molar-refractivity contribution in [1.29, 1.82) is 0 Å². The molecule has 0 aromatic heterocycles. The Balaban J connectivity index is 3.13. The fraction of sp³-hybridized carbons (Fsp3) is 1.00. The Kier molecular flexibility index (Phi) is 3.14. The van der Waals surface area contributed by atoms with E-state index < -0.39 is 8.03 Å². The molecule has 0 saturated carbocycles. The van der Waals surface area contributed by atoms with Gasteiger partial charge in [0.25, 0.3) is 0 Å². The second-order valence-electron chi connectivity index (χ2n) is 1.59. The van der Waals surface area contributed by atoms with Gasteiger partial charge in [-0.3, -0.25) is 0 Å². The first-order chi connectivity index (χ1) is 3.13. The molecule has 0 aliphatic rings.